The van der Waals surface area contributed by atoms with Gasteiger partial charge in [-0.3, -0.25) is 19.8 Å². The van der Waals surface area contributed by atoms with E-state index in [-0.39, 0.29) is 31.1 Å². The second-order valence-electron chi connectivity index (χ2n) is 7.55. The Labute approximate surface area is 188 Å². The zero-order valence-electron chi connectivity index (χ0n) is 17.6. The van der Waals surface area contributed by atoms with Crippen LogP contribution >= 0.6 is 10.7 Å². The maximum absolute atomic E-state index is 12.6. The number of amides is 3. The summed E-state index contributed by atoms with van der Waals surface area (Å²) in [4.78, 5) is 41.6. The monoisotopic (exact) mass is 471 g/mol. The topological polar surface area (TPSA) is 120 Å². The molecule has 11 heteroatoms. The zero-order chi connectivity index (χ0) is 23.2. The molecule has 1 heterocycles. The third-order valence-electron chi connectivity index (χ3n) is 4.38. The molecule has 31 heavy (non-hydrogen) atoms. The van der Waals surface area contributed by atoms with Gasteiger partial charge in [0, 0.05) is 0 Å². The van der Waals surface area contributed by atoms with E-state index in [4.69, 9.17) is 20.3 Å². The molecule has 1 aromatic rings. The number of likely N-dealkylation sites (tertiary alicyclic amines) is 1. The number of carbonyl (C=O) groups excluding carboxylic acids is 3. The zero-order valence-corrected chi connectivity index (χ0v) is 19.1. The Morgan fingerprint density at radius 2 is 2.00 bits per heavy atom. The van der Waals surface area contributed by atoms with Gasteiger partial charge >= 0.3 is 17.0 Å². The maximum Gasteiger partial charge on any atom is 0.344 e. The predicted octanol–water partition coefficient (Wildman–Crippen LogP) is 2.35. The molecule has 1 aliphatic rings. The highest BCUT2D eigenvalue weighted by molar-refractivity contribution is 8.14. The Morgan fingerprint density at radius 3 is 2.52 bits per heavy atom. The molecule has 3 amide bonds. The van der Waals surface area contributed by atoms with Crippen molar-refractivity contribution in [1.29, 1.82) is 0 Å². The number of hydroxylamine groups is 1. The number of halogens is 1. The van der Waals surface area contributed by atoms with E-state index in [0.29, 0.717) is 0 Å². The molecule has 3 unspecified atom stereocenters. The molecule has 1 saturated heterocycles. The number of rotatable bonds is 10. The van der Waals surface area contributed by atoms with Crippen LogP contribution in [0.15, 0.2) is 42.5 Å². The average Bonchev–Trinajstić information content (AvgIpc) is 2.69. The maximum atomic E-state index is 12.6. The van der Waals surface area contributed by atoms with Crippen LogP contribution < -0.4 is 10.8 Å². The lowest BCUT2D eigenvalue weighted by molar-refractivity contribution is -0.167. The number of carbonyl (C=O) groups is 3. The number of urea groups is 1. The van der Waals surface area contributed by atoms with Crippen molar-refractivity contribution in [3.05, 3.63) is 48.0 Å². The summed E-state index contributed by atoms with van der Waals surface area (Å²) in [6.07, 6.45) is -0.365. The molecule has 2 N–H and O–H groups in total. The van der Waals surface area contributed by atoms with Gasteiger partial charge in [0.05, 0.1) is 13.2 Å². The van der Waals surface area contributed by atoms with E-state index in [1.807, 2.05) is 32.0 Å². The van der Waals surface area contributed by atoms with E-state index in [0.717, 1.165) is 10.5 Å². The van der Waals surface area contributed by atoms with E-state index >= 15 is 0 Å². The van der Waals surface area contributed by atoms with Crippen molar-refractivity contribution in [1.82, 2.24) is 15.7 Å². The Hall–Kier alpha value is -2.27. The third-order valence-corrected chi connectivity index (χ3v) is 6.12. The lowest BCUT2D eigenvalue weighted by Crippen LogP contribution is -2.78. The van der Waals surface area contributed by atoms with E-state index in [9.17, 15) is 18.9 Å². The second-order valence-corrected chi connectivity index (χ2v) is 9.51. The predicted molar refractivity (Wildman–Crippen MR) is 115 cm³/mol. The Bertz CT molecular complexity index is 822. The molecular formula is C20H26ClN3O6S. The van der Waals surface area contributed by atoms with Crippen molar-refractivity contribution in [2.75, 3.05) is 6.61 Å². The molecule has 3 atom stereocenters. The molecule has 1 aromatic carbocycles. The van der Waals surface area contributed by atoms with Gasteiger partial charge < -0.3 is 9.29 Å². The van der Waals surface area contributed by atoms with Crippen LogP contribution in [0.25, 0.3) is 0 Å². The summed E-state index contributed by atoms with van der Waals surface area (Å²) < 4.78 is 17.6. The summed E-state index contributed by atoms with van der Waals surface area (Å²) in [7, 11) is 3.60. The Balaban J connectivity index is 2.11. The highest BCUT2D eigenvalue weighted by atomic mass is 35.7. The summed E-state index contributed by atoms with van der Waals surface area (Å²) in [6, 6.07) is 6.96. The number of hydrogen-bond acceptors (Lipinski definition) is 6. The minimum Gasteiger partial charge on any atom is -0.596 e. The third kappa shape index (κ3) is 6.13. The van der Waals surface area contributed by atoms with E-state index in [1.54, 1.807) is 12.1 Å². The van der Waals surface area contributed by atoms with Gasteiger partial charge in [-0.05, 0) is 24.0 Å². The van der Waals surface area contributed by atoms with Gasteiger partial charge in [0.15, 0.2) is 16.7 Å². The molecule has 0 saturated carbocycles. The lowest BCUT2D eigenvalue weighted by Gasteiger charge is -2.50. The van der Waals surface area contributed by atoms with Gasteiger partial charge in [0.1, 0.15) is 16.8 Å². The van der Waals surface area contributed by atoms with E-state index in [1.165, 1.54) is 6.92 Å². The molecule has 0 radical (unpaired) electrons. The van der Waals surface area contributed by atoms with Crippen molar-refractivity contribution in [2.24, 2.45) is 5.92 Å². The molecule has 0 aliphatic carbocycles. The quantitative estimate of drug-likeness (QED) is 0.178. The molecule has 0 aromatic heterocycles. The number of benzene rings is 1. The Morgan fingerprint density at radius 1 is 1.35 bits per heavy atom. The number of hydrogen-bond donors (Lipinski definition) is 2. The number of ether oxygens (including phenoxy) is 1. The average molecular weight is 472 g/mol. The molecule has 0 spiro atoms. The minimum atomic E-state index is -2.26. The fraction of sp³-hybridized carbons (Fsp3) is 0.450. The first kappa shape index (κ1) is 25.0. The van der Waals surface area contributed by atoms with Crippen molar-refractivity contribution in [3.8, 4) is 0 Å². The van der Waals surface area contributed by atoms with Gasteiger partial charge in [0.25, 0.3) is 0 Å². The highest BCUT2D eigenvalue weighted by Gasteiger charge is 2.66. The van der Waals surface area contributed by atoms with Crippen LogP contribution in [0.4, 0.5) is 4.79 Å². The van der Waals surface area contributed by atoms with Gasteiger partial charge in [-0.25, -0.2) is 15.1 Å². The number of β-lactam (4-membered cyclic amide) rings is 1. The largest absolute Gasteiger partial charge is 0.596 e. The lowest BCUT2D eigenvalue weighted by atomic mass is 10.00. The number of esters is 1. The summed E-state index contributed by atoms with van der Waals surface area (Å²) >= 11 is 0. The summed E-state index contributed by atoms with van der Waals surface area (Å²) in [6.45, 7) is 9.20. The van der Waals surface area contributed by atoms with Crippen molar-refractivity contribution < 1.29 is 28.5 Å². The first-order chi connectivity index (χ1) is 14.6. The molecule has 0 bridgehead atoms. The number of nitrogens with zero attached hydrogens (tertiary/aromatic N) is 1. The summed E-state index contributed by atoms with van der Waals surface area (Å²) in [5.74, 6) is -1.21. The van der Waals surface area contributed by atoms with Gasteiger partial charge in [-0.1, -0.05) is 50.8 Å². The van der Waals surface area contributed by atoms with Crippen LogP contribution in [0.3, 0.4) is 0 Å². The highest BCUT2D eigenvalue weighted by Crippen LogP contribution is 2.40. The first-order valence-corrected chi connectivity index (χ1v) is 11.5. The Kier molecular flexibility index (Phi) is 8.75. The van der Waals surface area contributed by atoms with E-state index in [2.05, 4.69) is 17.4 Å². The summed E-state index contributed by atoms with van der Waals surface area (Å²) in [5.41, 5.74) is 3.25. The molecule has 1 fully saturated rings. The van der Waals surface area contributed by atoms with Gasteiger partial charge in [-0.2, -0.15) is 0 Å². The van der Waals surface area contributed by atoms with Crippen LogP contribution in [0.2, 0.25) is 0 Å². The van der Waals surface area contributed by atoms with Crippen molar-refractivity contribution in [2.45, 2.75) is 44.8 Å². The van der Waals surface area contributed by atoms with Crippen LogP contribution in [-0.4, -0.2) is 45.0 Å². The minimum absolute atomic E-state index is 0.0689. The van der Waals surface area contributed by atoms with Crippen LogP contribution in [0.5, 0.6) is 0 Å². The van der Waals surface area contributed by atoms with Gasteiger partial charge in [-0.15, -0.1) is 0 Å². The van der Waals surface area contributed by atoms with Crippen LogP contribution in [0.1, 0.15) is 32.8 Å². The van der Waals surface area contributed by atoms with Crippen LogP contribution in [-0.2, 0) is 36.2 Å². The number of nitrogens with one attached hydrogen (secondary N) is 2. The van der Waals surface area contributed by atoms with E-state index < -0.39 is 39.3 Å². The second kappa shape index (κ2) is 10.9. The van der Waals surface area contributed by atoms with Crippen LogP contribution in [0, 0.1) is 5.92 Å². The van der Waals surface area contributed by atoms with Gasteiger partial charge in [0.2, 0.25) is 5.91 Å². The first-order valence-electron chi connectivity index (χ1n) is 9.54. The molecule has 170 valence electrons. The SMILES string of the molecule is C=C(C)C(C(=O)OCC(C)C)N1C(=O)CC1(NC(=O)NOCc1ccccc1)[S+]([O-])Cl. The molecular weight excluding hydrogens is 446 g/mol. The molecule has 2 rings (SSSR count). The molecule has 1 aliphatic heterocycles. The molecule has 9 nitrogen and oxygen atoms in total. The standard InChI is InChI=1S/C20H26ClN3O6S/c1-13(2)11-29-18(26)17(14(3)4)24-16(25)10-20(24,31(21)28)22-19(27)23-30-12-15-8-6-5-7-9-15/h5-9,13,17H,3,10-12H2,1-2,4H3,(H2,22,23,27). The van der Waals surface area contributed by atoms with Crippen molar-refractivity contribution in [3.63, 3.8) is 0 Å². The smallest absolute Gasteiger partial charge is 0.344 e. The summed E-state index contributed by atoms with van der Waals surface area (Å²) in [5, 5.41) is 2.40. The fourth-order valence-corrected chi connectivity index (χ4v) is 4.21. The fourth-order valence-electron chi connectivity index (χ4n) is 2.93. The normalized spacial score (nSPS) is 19.9. The van der Waals surface area contributed by atoms with Crippen molar-refractivity contribution >= 4 is 39.0 Å².